The van der Waals surface area contributed by atoms with Gasteiger partial charge in [0.05, 0.1) is 4.90 Å². The Labute approximate surface area is 219 Å². The minimum absolute atomic E-state index is 0.0866. The summed E-state index contributed by atoms with van der Waals surface area (Å²) in [4.78, 5) is 27.1. The Hall–Kier alpha value is -3.17. The van der Waals surface area contributed by atoms with Gasteiger partial charge in [-0.3, -0.25) is 9.59 Å². The fourth-order valence-corrected chi connectivity index (χ4v) is 4.77. The van der Waals surface area contributed by atoms with Crippen LogP contribution in [0.15, 0.2) is 47.4 Å². The summed E-state index contributed by atoms with van der Waals surface area (Å²) in [5, 5.41) is 22.2. The van der Waals surface area contributed by atoms with Crippen LogP contribution in [0, 0.1) is 5.92 Å². The lowest BCUT2D eigenvalue weighted by molar-refractivity contribution is -0.376. The third-order valence-electron chi connectivity index (χ3n) is 6.30. The number of amides is 2. The van der Waals surface area contributed by atoms with Crippen LogP contribution in [0.3, 0.4) is 0 Å². The molecule has 0 fully saturated rings. The molecule has 3 N–H and O–H groups in total. The van der Waals surface area contributed by atoms with Gasteiger partial charge in [0.1, 0.15) is 12.1 Å². The molecule has 0 radical (unpaired) electrons. The molecule has 0 saturated heterocycles. The van der Waals surface area contributed by atoms with Gasteiger partial charge in [0, 0.05) is 24.1 Å². The molecule has 214 valence electrons. The van der Waals surface area contributed by atoms with Gasteiger partial charge in [-0.15, -0.1) is 0 Å². The summed E-state index contributed by atoms with van der Waals surface area (Å²) >= 11 is 0. The number of halogens is 6. The zero-order valence-corrected chi connectivity index (χ0v) is 21.4. The lowest BCUT2D eigenvalue weighted by Crippen LogP contribution is -2.53. The Bertz CT molecular complexity index is 1360. The number of aliphatic hydroxyl groups excluding tert-OH is 1. The number of aliphatic hydroxyl groups is 2. The molecule has 2 aromatic carbocycles. The smallest absolute Gasteiger partial charge is 0.383 e. The van der Waals surface area contributed by atoms with Crippen LogP contribution >= 0.6 is 0 Å². The molecule has 8 nitrogen and oxygen atoms in total. The van der Waals surface area contributed by atoms with Crippen LogP contribution in [-0.2, 0) is 31.6 Å². The van der Waals surface area contributed by atoms with Crippen LogP contribution in [0.4, 0.5) is 32.0 Å². The maximum Gasteiger partial charge on any atom is 0.430 e. The molecule has 0 spiro atoms. The third kappa shape index (κ3) is 5.61. The van der Waals surface area contributed by atoms with Crippen molar-refractivity contribution in [1.82, 2.24) is 4.90 Å². The molecule has 1 aliphatic heterocycles. The van der Waals surface area contributed by atoms with Crippen LogP contribution in [0.1, 0.15) is 36.6 Å². The molecule has 1 heterocycles. The summed E-state index contributed by atoms with van der Waals surface area (Å²) in [6, 6.07) is 4.51. The van der Waals surface area contributed by atoms with E-state index in [-0.39, 0.29) is 28.3 Å². The quantitative estimate of drug-likeness (QED) is 0.449. The average molecular weight is 583 g/mol. The van der Waals surface area contributed by atoms with Crippen LogP contribution in [0.25, 0.3) is 0 Å². The van der Waals surface area contributed by atoms with Crippen LogP contribution in [-0.4, -0.2) is 60.1 Å². The summed E-state index contributed by atoms with van der Waals surface area (Å²) in [5.74, 6) is -2.33. The van der Waals surface area contributed by atoms with Crippen molar-refractivity contribution in [2.24, 2.45) is 5.92 Å². The molecule has 0 saturated carbocycles. The van der Waals surface area contributed by atoms with Gasteiger partial charge in [0.15, 0.2) is 9.84 Å². The van der Waals surface area contributed by atoms with E-state index in [9.17, 15) is 54.6 Å². The van der Waals surface area contributed by atoms with Crippen molar-refractivity contribution in [3.8, 4) is 0 Å². The number of nitrogens with zero attached hydrogens (tertiary/aromatic N) is 1. The summed E-state index contributed by atoms with van der Waals surface area (Å²) in [5.41, 5.74) is -6.44. The molecule has 0 bridgehead atoms. The summed E-state index contributed by atoms with van der Waals surface area (Å²) < 4.78 is 103. The highest BCUT2D eigenvalue weighted by Crippen LogP contribution is 2.50. The highest BCUT2D eigenvalue weighted by molar-refractivity contribution is 7.90. The van der Waals surface area contributed by atoms with Gasteiger partial charge in [0.2, 0.25) is 0 Å². The number of nitrogens with one attached hydrogen (secondary N) is 1. The molecule has 2 aromatic rings. The van der Waals surface area contributed by atoms with Gasteiger partial charge in [0.25, 0.3) is 17.4 Å². The predicted octanol–water partition coefficient (Wildman–Crippen LogP) is 3.44. The van der Waals surface area contributed by atoms with E-state index in [0.717, 1.165) is 11.2 Å². The summed E-state index contributed by atoms with van der Waals surface area (Å²) in [6.07, 6.45) is -12.7. The molecule has 2 atom stereocenters. The van der Waals surface area contributed by atoms with Gasteiger partial charge in [-0.2, -0.15) is 26.3 Å². The topological polar surface area (TPSA) is 124 Å². The number of hydrogen-bond acceptors (Lipinski definition) is 6. The molecule has 15 heteroatoms. The van der Waals surface area contributed by atoms with E-state index >= 15 is 0 Å². The van der Waals surface area contributed by atoms with Crippen molar-refractivity contribution in [3.05, 3.63) is 59.2 Å². The number of carbonyl (C=O) groups is 2. The van der Waals surface area contributed by atoms with E-state index in [4.69, 9.17) is 0 Å². The van der Waals surface area contributed by atoms with Crippen LogP contribution < -0.4 is 5.32 Å². The molecular formula is C24H24F6N2O6S. The lowest BCUT2D eigenvalue weighted by Gasteiger charge is -2.32. The molecule has 1 aliphatic rings. The first kappa shape index (κ1) is 30.4. The number of rotatable bonds is 6. The Balaban J connectivity index is 1.98. The lowest BCUT2D eigenvalue weighted by atomic mass is 9.92. The maximum absolute atomic E-state index is 13.3. The monoisotopic (exact) mass is 582 g/mol. The fraction of sp³-hybridized carbons (Fsp3) is 0.417. The first-order chi connectivity index (χ1) is 17.7. The Morgan fingerprint density at radius 3 is 2.00 bits per heavy atom. The Morgan fingerprint density at radius 2 is 1.54 bits per heavy atom. The average Bonchev–Trinajstić information content (AvgIpc) is 3.20. The molecule has 0 aliphatic carbocycles. The van der Waals surface area contributed by atoms with Gasteiger partial charge in [-0.25, -0.2) is 8.42 Å². The third-order valence-corrected chi connectivity index (χ3v) is 7.41. The molecule has 0 aromatic heterocycles. The van der Waals surface area contributed by atoms with E-state index in [2.05, 4.69) is 5.32 Å². The second-order valence-corrected chi connectivity index (χ2v) is 11.5. The number of anilines is 1. The molecule has 3 rings (SSSR count). The standard InChI is InChI=1S/C24H24F6N2O6S/c1-12(2)19(33)21(35)32-11-13-10-16(39(3,37)38)8-9-17(13)18(32)20(34)31-15-6-4-14(5-7-15)22(36,23(25,26)27)24(28,29)30/h4-10,12,18-19,33,36H,11H2,1-3H3,(H,31,34)/t18?,19-/m1/s1. The van der Waals surface area contributed by atoms with Gasteiger partial charge >= 0.3 is 12.4 Å². The van der Waals surface area contributed by atoms with Gasteiger partial charge in [-0.05, 0) is 41.3 Å². The Morgan fingerprint density at radius 1 is 1.00 bits per heavy atom. The number of benzene rings is 2. The van der Waals surface area contributed by atoms with Crippen molar-refractivity contribution in [2.75, 3.05) is 11.6 Å². The van der Waals surface area contributed by atoms with Crippen molar-refractivity contribution >= 4 is 27.3 Å². The molecule has 1 unspecified atom stereocenters. The zero-order chi connectivity index (χ0) is 29.7. The van der Waals surface area contributed by atoms with Crippen LogP contribution in [0.2, 0.25) is 0 Å². The maximum atomic E-state index is 13.3. The second-order valence-electron chi connectivity index (χ2n) is 9.46. The first-order valence-electron chi connectivity index (χ1n) is 11.3. The number of carbonyl (C=O) groups excluding carboxylic acids is 2. The van der Waals surface area contributed by atoms with E-state index in [1.54, 1.807) is 13.8 Å². The SMILES string of the molecule is CC(C)[C@@H](O)C(=O)N1Cc2cc(S(C)(=O)=O)ccc2C1C(=O)Nc1ccc(C(O)(C(F)(F)F)C(F)(F)F)cc1. The first-order valence-corrected chi connectivity index (χ1v) is 13.2. The highest BCUT2D eigenvalue weighted by Gasteiger charge is 2.71. The largest absolute Gasteiger partial charge is 0.430 e. The number of fused-ring (bicyclic) bond motifs is 1. The van der Waals surface area contributed by atoms with Crippen molar-refractivity contribution in [3.63, 3.8) is 0 Å². The number of sulfone groups is 1. The van der Waals surface area contributed by atoms with E-state index in [1.807, 2.05) is 0 Å². The van der Waals surface area contributed by atoms with Crippen LogP contribution in [0.5, 0.6) is 0 Å². The highest BCUT2D eigenvalue weighted by atomic mass is 32.2. The number of alkyl halides is 6. The second kappa shape index (κ2) is 10.1. The normalized spacial score (nSPS) is 17.2. The van der Waals surface area contributed by atoms with E-state index in [1.165, 1.54) is 18.2 Å². The van der Waals surface area contributed by atoms with E-state index in [0.29, 0.717) is 24.3 Å². The van der Waals surface area contributed by atoms with Gasteiger partial charge in [-0.1, -0.05) is 32.0 Å². The van der Waals surface area contributed by atoms with E-state index < -0.39 is 63.2 Å². The van der Waals surface area contributed by atoms with Gasteiger partial charge < -0.3 is 20.4 Å². The minimum Gasteiger partial charge on any atom is -0.383 e. The molecular weight excluding hydrogens is 558 g/mol. The minimum atomic E-state index is -6.09. The summed E-state index contributed by atoms with van der Waals surface area (Å²) in [6.45, 7) is 2.85. The summed E-state index contributed by atoms with van der Waals surface area (Å²) in [7, 11) is -3.65. The number of hydrogen-bond donors (Lipinski definition) is 3. The van der Waals surface area contributed by atoms with Crippen molar-refractivity contribution < 1.29 is 54.6 Å². The fourth-order valence-electron chi connectivity index (χ4n) is 4.10. The zero-order valence-electron chi connectivity index (χ0n) is 20.6. The predicted molar refractivity (Wildman–Crippen MR) is 125 cm³/mol. The Kier molecular flexibility index (Phi) is 7.86. The van der Waals surface area contributed by atoms with Crippen molar-refractivity contribution in [2.45, 2.75) is 55.4 Å². The molecule has 39 heavy (non-hydrogen) atoms. The van der Waals surface area contributed by atoms with Crippen molar-refractivity contribution in [1.29, 1.82) is 0 Å². The molecule has 2 amide bonds.